The van der Waals surface area contributed by atoms with E-state index in [2.05, 4.69) is 39.0 Å². The minimum Gasteiger partial charge on any atom is -0.293 e. The number of ketones is 1. The first-order valence-corrected chi connectivity index (χ1v) is 7.39. The van der Waals surface area contributed by atoms with Gasteiger partial charge in [-0.25, -0.2) is 0 Å². The van der Waals surface area contributed by atoms with Crippen LogP contribution >= 0.6 is 0 Å². The zero-order valence-corrected chi connectivity index (χ0v) is 12.8. The molecule has 0 saturated carbocycles. The number of rotatable bonds is 2. The zero-order chi connectivity index (χ0) is 15.0. The number of carbonyl (C=O) groups is 1. The molecule has 0 unspecified atom stereocenters. The van der Waals surface area contributed by atoms with E-state index in [0.717, 1.165) is 11.1 Å². The van der Waals surface area contributed by atoms with E-state index in [1.165, 1.54) is 11.1 Å². The van der Waals surface area contributed by atoms with Gasteiger partial charge in [-0.1, -0.05) is 80.1 Å². The van der Waals surface area contributed by atoms with Crippen LogP contribution in [0.25, 0.3) is 6.08 Å². The molecule has 0 fully saturated rings. The number of benzene rings is 2. The normalized spacial score (nSPS) is 19.6. The maximum Gasteiger partial charge on any atom is 0.171 e. The second kappa shape index (κ2) is 5.00. The SMILES string of the molecule is CC1=Cc2ccccc2[C@H](C(=O)c2ccccc2)C1(C)C. The minimum atomic E-state index is -0.165. The van der Waals surface area contributed by atoms with Gasteiger partial charge in [-0.3, -0.25) is 4.79 Å². The van der Waals surface area contributed by atoms with Crippen molar-refractivity contribution < 1.29 is 4.79 Å². The van der Waals surface area contributed by atoms with Crippen molar-refractivity contribution in [1.82, 2.24) is 0 Å². The van der Waals surface area contributed by atoms with Gasteiger partial charge in [0.05, 0.1) is 5.92 Å². The molecule has 1 aliphatic rings. The van der Waals surface area contributed by atoms with Crippen LogP contribution in [0.4, 0.5) is 0 Å². The van der Waals surface area contributed by atoms with Gasteiger partial charge >= 0.3 is 0 Å². The number of Topliss-reactive ketones (excluding diaryl/α,β-unsaturated/α-hetero) is 1. The standard InChI is InChI=1S/C20H20O/c1-14-13-16-11-7-8-12-17(16)18(20(14,2)3)19(21)15-9-5-4-6-10-15/h4-13,18H,1-3H3/t18-/m1/s1. The largest absolute Gasteiger partial charge is 0.293 e. The van der Waals surface area contributed by atoms with Crippen molar-refractivity contribution in [2.75, 3.05) is 0 Å². The molecule has 0 saturated heterocycles. The molecule has 0 radical (unpaired) electrons. The van der Waals surface area contributed by atoms with Crippen molar-refractivity contribution in [2.45, 2.75) is 26.7 Å². The lowest BCUT2D eigenvalue weighted by Gasteiger charge is -2.39. The van der Waals surface area contributed by atoms with Crippen LogP contribution in [-0.2, 0) is 0 Å². The van der Waals surface area contributed by atoms with Crippen LogP contribution in [0, 0.1) is 5.41 Å². The lowest BCUT2D eigenvalue weighted by molar-refractivity contribution is 0.0905. The predicted octanol–water partition coefficient (Wildman–Crippen LogP) is 5.10. The molecule has 106 valence electrons. The summed E-state index contributed by atoms with van der Waals surface area (Å²) in [5, 5.41) is 0. The average molecular weight is 276 g/mol. The van der Waals surface area contributed by atoms with E-state index < -0.39 is 0 Å². The molecule has 2 aromatic carbocycles. The van der Waals surface area contributed by atoms with Crippen molar-refractivity contribution >= 4 is 11.9 Å². The van der Waals surface area contributed by atoms with Crippen LogP contribution < -0.4 is 0 Å². The van der Waals surface area contributed by atoms with Crippen molar-refractivity contribution in [3.63, 3.8) is 0 Å². The summed E-state index contributed by atoms with van der Waals surface area (Å²) in [6.07, 6.45) is 2.21. The molecule has 2 aromatic rings. The minimum absolute atomic E-state index is 0.124. The van der Waals surface area contributed by atoms with E-state index >= 15 is 0 Å². The first kappa shape index (κ1) is 13.8. The van der Waals surface area contributed by atoms with Crippen LogP contribution in [0.3, 0.4) is 0 Å². The smallest absolute Gasteiger partial charge is 0.171 e. The maximum atomic E-state index is 13.1. The highest BCUT2D eigenvalue weighted by Crippen LogP contribution is 2.48. The Morgan fingerprint density at radius 2 is 1.57 bits per heavy atom. The molecule has 3 rings (SSSR count). The van der Waals surface area contributed by atoms with Crippen LogP contribution in [0.15, 0.2) is 60.2 Å². The zero-order valence-electron chi connectivity index (χ0n) is 12.8. The molecule has 0 aliphatic heterocycles. The van der Waals surface area contributed by atoms with Crippen molar-refractivity contribution in [2.24, 2.45) is 5.41 Å². The summed E-state index contributed by atoms with van der Waals surface area (Å²) >= 11 is 0. The molecule has 21 heavy (non-hydrogen) atoms. The van der Waals surface area contributed by atoms with Crippen molar-refractivity contribution in [3.8, 4) is 0 Å². The summed E-state index contributed by atoms with van der Waals surface area (Å²) in [5.74, 6) is 0.0848. The number of hydrogen-bond acceptors (Lipinski definition) is 1. The van der Waals surface area contributed by atoms with E-state index in [0.29, 0.717) is 0 Å². The summed E-state index contributed by atoms with van der Waals surface area (Å²) in [5.41, 5.74) is 4.20. The maximum absolute atomic E-state index is 13.1. The predicted molar refractivity (Wildman–Crippen MR) is 87.4 cm³/mol. The number of allylic oxidation sites excluding steroid dienone is 1. The van der Waals surface area contributed by atoms with Gasteiger partial charge in [0, 0.05) is 5.56 Å². The van der Waals surface area contributed by atoms with E-state index in [1.807, 2.05) is 42.5 Å². The first-order valence-electron chi connectivity index (χ1n) is 7.39. The van der Waals surface area contributed by atoms with E-state index in [4.69, 9.17) is 0 Å². The molecule has 0 spiro atoms. The summed E-state index contributed by atoms with van der Waals surface area (Å²) in [4.78, 5) is 13.1. The molecule has 0 amide bonds. The number of carbonyl (C=O) groups excluding carboxylic acids is 1. The van der Waals surface area contributed by atoms with E-state index in [-0.39, 0.29) is 17.1 Å². The van der Waals surface area contributed by atoms with Gasteiger partial charge in [0.25, 0.3) is 0 Å². The molecule has 1 heteroatoms. The fourth-order valence-corrected chi connectivity index (χ4v) is 3.18. The fraction of sp³-hybridized carbons (Fsp3) is 0.250. The molecule has 1 atom stereocenters. The van der Waals surface area contributed by atoms with Crippen molar-refractivity contribution in [3.05, 3.63) is 76.9 Å². The van der Waals surface area contributed by atoms with Crippen LogP contribution in [0.5, 0.6) is 0 Å². The van der Waals surface area contributed by atoms with E-state index in [9.17, 15) is 4.79 Å². The molecule has 0 aromatic heterocycles. The lowest BCUT2D eigenvalue weighted by atomic mass is 9.63. The van der Waals surface area contributed by atoms with Gasteiger partial charge in [-0.15, -0.1) is 0 Å². The molecular weight excluding hydrogens is 256 g/mol. The molecular formula is C20H20O. The molecule has 0 N–H and O–H groups in total. The highest BCUT2D eigenvalue weighted by atomic mass is 16.1. The first-order chi connectivity index (χ1) is 10.0. The van der Waals surface area contributed by atoms with Gasteiger partial charge in [0.2, 0.25) is 0 Å². The number of fused-ring (bicyclic) bond motifs is 1. The Labute approximate surface area is 126 Å². The van der Waals surface area contributed by atoms with E-state index in [1.54, 1.807) is 0 Å². The monoisotopic (exact) mass is 276 g/mol. The molecule has 1 nitrogen and oxygen atoms in total. The Hall–Kier alpha value is -2.15. The average Bonchev–Trinajstić information content (AvgIpc) is 2.49. The topological polar surface area (TPSA) is 17.1 Å². The molecule has 0 heterocycles. The summed E-state index contributed by atoms with van der Waals surface area (Å²) < 4.78 is 0. The highest BCUT2D eigenvalue weighted by molar-refractivity contribution is 6.03. The van der Waals surface area contributed by atoms with Gasteiger partial charge in [-0.05, 0) is 23.5 Å². The summed E-state index contributed by atoms with van der Waals surface area (Å²) in [6, 6.07) is 17.9. The second-order valence-electron chi connectivity index (χ2n) is 6.34. The molecule has 1 aliphatic carbocycles. The fourth-order valence-electron chi connectivity index (χ4n) is 3.18. The Morgan fingerprint density at radius 1 is 0.952 bits per heavy atom. The highest BCUT2D eigenvalue weighted by Gasteiger charge is 2.41. The summed E-state index contributed by atoms with van der Waals surface area (Å²) in [7, 11) is 0. The van der Waals surface area contributed by atoms with Gasteiger partial charge in [-0.2, -0.15) is 0 Å². The Bertz CT molecular complexity index is 708. The third kappa shape index (κ3) is 2.23. The van der Waals surface area contributed by atoms with Crippen molar-refractivity contribution in [1.29, 1.82) is 0 Å². The van der Waals surface area contributed by atoms with Crippen LogP contribution in [0.2, 0.25) is 0 Å². The lowest BCUT2D eigenvalue weighted by Crippen LogP contribution is -2.33. The van der Waals surface area contributed by atoms with Gasteiger partial charge in [0.15, 0.2) is 5.78 Å². The molecule has 0 bridgehead atoms. The van der Waals surface area contributed by atoms with Gasteiger partial charge < -0.3 is 0 Å². The Kier molecular flexibility index (Phi) is 3.29. The Morgan fingerprint density at radius 3 is 2.29 bits per heavy atom. The number of hydrogen-bond donors (Lipinski definition) is 0. The van der Waals surface area contributed by atoms with Gasteiger partial charge in [0.1, 0.15) is 0 Å². The third-order valence-corrected chi connectivity index (χ3v) is 4.74. The van der Waals surface area contributed by atoms with Crippen LogP contribution in [0.1, 0.15) is 48.2 Å². The quantitative estimate of drug-likeness (QED) is 0.698. The third-order valence-electron chi connectivity index (χ3n) is 4.74. The summed E-state index contributed by atoms with van der Waals surface area (Å²) in [6.45, 7) is 6.46. The second-order valence-corrected chi connectivity index (χ2v) is 6.34. The Balaban J connectivity index is 2.16. The van der Waals surface area contributed by atoms with Crippen LogP contribution in [-0.4, -0.2) is 5.78 Å².